The number of methoxy groups -OCH3 is 1. The molecule has 0 aliphatic rings. The Balaban J connectivity index is 1.86. The summed E-state index contributed by atoms with van der Waals surface area (Å²) in [7, 11) is 1.24. The molecule has 0 saturated heterocycles. The molecule has 0 aliphatic carbocycles. The van der Waals surface area contributed by atoms with Crippen molar-refractivity contribution >= 4 is 12.1 Å². The van der Waals surface area contributed by atoms with E-state index in [0.29, 0.717) is 11.5 Å². The molecule has 0 heterocycles. The summed E-state index contributed by atoms with van der Waals surface area (Å²) >= 11 is 0. The van der Waals surface area contributed by atoms with Crippen LogP contribution < -0.4 is 9.47 Å². The van der Waals surface area contributed by atoms with Crippen molar-refractivity contribution in [3.05, 3.63) is 89.5 Å². The summed E-state index contributed by atoms with van der Waals surface area (Å²) < 4.78 is 14.8. The first-order valence-corrected chi connectivity index (χ1v) is 9.28. The smallest absolute Gasteiger partial charge is 0.507 e. The number of rotatable bonds is 5. The molecule has 0 radical (unpaired) electrons. The van der Waals surface area contributed by atoms with Gasteiger partial charge in [-0.1, -0.05) is 50.2 Å². The van der Waals surface area contributed by atoms with Gasteiger partial charge in [-0.25, -0.2) is 9.59 Å². The minimum atomic E-state index is -0.790. The zero-order valence-electron chi connectivity index (χ0n) is 16.9. The molecule has 0 aromatic heterocycles. The highest BCUT2D eigenvalue weighted by Crippen LogP contribution is 2.35. The lowest BCUT2D eigenvalue weighted by molar-refractivity contribution is 0.0731. The first-order valence-electron chi connectivity index (χ1n) is 9.28. The summed E-state index contributed by atoms with van der Waals surface area (Å²) in [4.78, 5) is 23.8. The molecule has 0 spiro atoms. The van der Waals surface area contributed by atoms with Crippen molar-refractivity contribution in [2.75, 3.05) is 7.11 Å². The predicted molar refractivity (Wildman–Crippen MR) is 111 cm³/mol. The highest BCUT2D eigenvalue weighted by molar-refractivity contribution is 5.94. The standard InChI is InChI=1S/C24H22O6/c1-24(2,16-9-12-19(13-10-16)30-23(27)28-3)17-11-14-21(25)20(15-17)22(26)29-18-7-5-4-6-8-18/h4-15,25H,1-3H3. The molecule has 3 aromatic carbocycles. The van der Waals surface area contributed by atoms with Gasteiger partial charge >= 0.3 is 12.1 Å². The molecule has 0 unspecified atom stereocenters. The van der Waals surface area contributed by atoms with Crippen molar-refractivity contribution in [2.45, 2.75) is 19.3 Å². The van der Waals surface area contributed by atoms with Crippen molar-refractivity contribution in [1.29, 1.82) is 0 Å². The number of phenols is 1. The summed E-state index contributed by atoms with van der Waals surface area (Å²) in [6, 6.07) is 20.5. The summed E-state index contributed by atoms with van der Waals surface area (Å²) in [6.45, 7) is 3.98. The maximum Gasteiger partial charge on any atom is 0.513 e. The molecule has 0 amide bonds. The maximum atomic E-state index is 12.6. The Morgan fingerprint density at radius 3 is 2.03 bits per heavy atom. The molecule has 3 rings (SSSR count). The number of carbonyl (C=O) groups excluding carboxylic acids is 2. The number of carbonyl (C=O) groups is 2. The summed E-state index contributed by atoms with van der Waals surface area (Å²) in [5.41, 5.74) is 1.31. The number of hydrogen-bond acceptors (Lipinski definition) is 6. The Morgan fingerprint density at radius 1 is 0.800 bits per heavy atom. The van der Waals surface area contributed by atoms with Gasteiger partial charge in [-0.3, -0.25) is 0 Å². The third-order valence-electron chi connectivity index (χ3n) is 4.84. The third kappa shape index (κ3) is 4.60. The Hall–Kier alpha value is -3.80. The molecule has 3 aromatic rings. The molecule has 1 N–H and O–H groups in total. The van der Waals surface area contributed by atoms with Gasteiger partial charge in [0.15, 0.2) is 0 Å². The molecule has 0 bridgehead atoms. The molecular weight excluding hydrogens is 384 g/mol. The maximum absolute atomic E-state index is 12.6. The van der Waals surface area contributed by atoms with E-state index in [1.807, 2.05) is 32.0 Å². The molecule has 0 aliphatic heterocycles. The summed E-state index contributed by atoms with van der Waals surface area (Å²) in [5.74, 6) is -0.0394. The summed E-state index contributed by atoms with van der Waals surface area (Å²) in [6.07, 6.45) is -0.790. The van der Waals surface area contributed by atoms with E-state index in [2.05, 4.69) is 4.74 Å². The lowest BCUT2D eigenvalue weighted by Gasteiger charge is -2.27. The SMILES string of the molecule is COC(=O)Oc1ccc(C(C)(C)c2ccc(O)c(C(=O)Oc3ccccc3)c2)cc1. The third-order valence-corrected chi connectivity index (χ3v) is 4.84. The van der Waals surface area contributed by atoms with Gasteiger partial charge < -0.3 is 19.3 Å². The van der Waals surface area contributed by atoms with Crippen LogP contribution in [0.4, 0.5) is 4.79 Å². The summed E-state index contributed by atoms with van der Waals surface area (Å²) in [5, 5.41) is 10.2. The molecular formula is C24H22O6. The molecule has 0 atom stereocenters. The first-order chi connectivity index (χ1) is 14.3. The molecule has 30 heavy (non-hydrogen) atoms. The minimum absolute atomic E-state index is 0.0788. The van der Waals surface area contributed by atoms with E-state index in [-0.39, 0.29) is 11.3 Å². The van der Waals surface area contributed by atoms with Crippen LogP contribution in [0.25, 0.3) is 0 Å². The zero-order chi connectivity index (χ0) is 21.7. The number of esters is 1. The number of para-hydroxylation sites is 1. The van der Waals surface area contributed by atoms with E-state index < -0.39 is 17.5 Å². The second-order valence-electron chi connectivity index (χ2n) is 7.14. The fourth-order valence-corrected chi connectivity index (χ4v) is 2.98. The second kappa shape index (κ2) is 8.69. The average molecular weight is 406 g/mol. The van der Waals surface area contributed by atoms with Crippen LogP contribution in [0.2, 0.25) is 0 Å². The van der Waals surface area contributed by atoms with Gasteiger partial charge in [-0.15, -0.1) is 0 Å². The van der Waals surface area contributed by atoms with E-state index in [4.69, 9.17) is 9.47 Å². The minimum Gasteiger partial charge on any atom is -0.507 e. The number of aromatic hydroxyl groups is 1. The number of hydrogen-bond donors (Lipinski definition) is 1. The molecule has 6 nitrogen and oxygen atoms in total. The van der Waals surface area contributed by atoms with Crippen molar-refractivity contribution < 1.29 is 28.9 Å². The fourth-order valence-electron chi connectivity index (χ4n) is 2.98. The lowest BCUT2D eigenvalue weighted by atomic mass is 9.77. The topological polar surface area (TPSA) is 82.1 Å². The first kappa shape index (κ1) is 20.9. The van der Waals surface area contributed by atoms with E-state index in [1.54, 1.807) is 48.5 Å². The molecule has 0 saturated carbocycles. The number of benzene rings is 3. The van der Waals surface area contributed by atoms with Crippen LogP contribution in [0.3, 0.4) is 0 Å². The largest absolute Gasteiger partial charge is 0.513 e. The quantitative estimate of drug-likeness (QED) is 0.361. The van der Waals surface area contributed by atoms with Gasteiger partial charge in [0.2, 0.25) is 0 Å². The van der Waals surface area contributed by atoms with Crippen LogP contribution in [0.5, 0.6) is 17.2 Å². The van der Waals surface area contributed by atoms with Crippen LogP contribution in [0.1, 0.15) is 35.3 Å². The average Bonchev–Trinajstić information content (AvgIpc) is 2.74. The van der Waals surface area contributed by atoms with E-state index in [9.17, 15) is 14.7 Å². The van der Waals surface area contributed by atoms with Crippen LogP contribution in [-0.2, 0) is 10.2 Å². The van der Waals surface area contributed by atoms with Crippen LogP contribution in [-0.4, -0.2) is 24.3 Å². The van der Waals surface area contributed by atoms with Gasteiger partial charge in [0.1, 0.15) is 22.8 Å². The Morgan fingerprint density at radius 2 is 1.40 bits per heavy atom. The Bertz CT molecular complexity index is 1040. The van der Waals surface area contributed by atoms with Gasteiger partial charge in [0.25, 0.3) is 0 Å². The monoisotopic (exact) mass is 406 g/mol. The van der Waals surface area contributed by atoms with Crippen molar-refractivity contribution in [1.82, 2.24) is 0 Å². The van der Waals surface area contributed by atoms with Gasteiger partial charge in [0, 0.05) is 5.41 Å². The molecule has 154 valence electrons. The highest BCUT2D eigenvalue weighted by atomic mass is 16.7. The van der Waals surface area contributed by atoms with Gasteiger partial charge in [0.05, 0.1) is 7.11 Å². The number of ether oxygens (including phenoxy) is 3. The van der Waals surface area contributed by atoms with E-state index >= 15 is 0 Å². The lowest BCUT2D eigenvalue weighted by Crippen LogP contribution is -2.20. The van der Waals surface area contributed by atoms with Crippen molar-refractivity contribution in [2.24, 2.45) is 0 Å². The fraction of sp³-hybridized carbons (Fsp3) is 0.167. The predicted octanol–water partition coefficient (Wildman–Crippen LogP) is 5.08. The highest BCUT2D eigenvalue weighted by Gasteiger charge is 2.26. The zero-order valence-corrected chi connectivity index (χ0v) is 16.9. The van der Waals surface area contributed by atoms with E-state index in [0.717, 1.165) is 11.1 Å². The second-order valence-corrected chi connectivity index (χ2v) is 7.14. The van der Waals surface area contributed by atoms with Crippen LogP contribution in [0.15, 0.2) is 72.8 Å². The van der Waals surface area contributed by atoms with Crippen molar-refractivity contribution in [3.63, 3.8) is 0 Å². The van der Waals surface area contributed by atoms with E-state index in [1.165, 1.54) is 13.2 Å². The van der Waals surface area contributed by atoms with Gasteiger partial charge in [-0.05, 0) is 47.5 Å². The normalized spacial score (nSPS) is 10.9. The van der Waals surface area contributed by atoms with Crippen molar-refractivity contribution in [3.8, 4) is 17.2 Å². The Labute approximate surface area is 174 Å². The van der Waals surface area contributed by atoms with Gasteiger partial charge in [-0.2, -0.15) is 0 Å². The molecule has 6 heteroatoms. The Kier molecular flexibility index (Phi) is 6.06. The number of phenolic OH excluding ortho intramolecular Hbond substituents is 1. The molecule has 0 fully saturated rings. The van der Waals surface area contributed by atoms with Crippen LogP contribution in [0, 0.1) is 0 Å². The van der Waals surface area contributed by atoms with Crippen LogP contribution >= 0.6 is 0 Å².